The Balaban J connectivity index is 2.12. The van der Waals surface area contributed by atoms with Crippen molar-refractivity contribution in [2.75, 3.05) is 18.2 Å². The van der Waals surface area contributed by atoms with Gasteiger partial charge in [0.25, 0.3) is 0 Å². The number of benzene rings is 2. The lowest BCUT2D eigenvalue weighted by molar-refractivity contribution is 0.918. The first-order chi connectivity index (χ1) is 11.6. The van der Waals surface area contributed by atoms with Crippen molar-refractivity contribution in [3.05, 3.63) is 64.7 Å². The van der Waals surface area contributed by atoms with Crippen LogP contribution in [0.4, 0.5) is 5.69 Å². The van der Waals surface area contributed by atoms with Gasteiger partial charge in [0, 0.05) is 24.0 Å². The molecule has 0 amide bonds. The molecule has 0 fully saturated rings. The van der Waals surface area contributed by atoms with Crippen LogP contribution >= 0.6 is 23.4 Å². The van der Waals surface area contributed by atoms with Crippen LogP contribution in [0.2, 0.25) is 5.02 Å². The predicted molar refractivity (Wildman–Crippen MR) is 102 cm³/mol. The molecule has 120 valence electrons. The molecule has 0 saturated carbocycles. The molecule has 0 spiro atoms. The maximum Gasteiger partial charge on any atom is 0.116 e. The monoisotopic (exact) mass is 353 g/mol. The summed E-state index contributed by atoms with van der Waals surface area (Å²) < 4.78 is 0. The Labute approximate surface area is 150 Å². The Morgan fingerprint density at radius 1 is 1.17 bits per heavy atom. The molecule has 0 aliphatic rings. The van der Waals surface area contributed by atoms with Crippen LogP contribution in [-0.2, 0) is 6.54 Å². The first kappa shape index (κ1) is 16.6. The minimum atomic E-state index is 0.623. The second-order valence-corrected chi connectivity index (χ2v) is 6.69. The van der Waals surface area contributed by atoms with Gasteiger partial charge in [0.05, 0.1) is 11.2 Å². The minimum absolute atomic E-state index is 0.623. The maximum atomic E-state index is 9.69. The Morgan fingerprint density at radius 3 is 2.54 bits per heavy atom. The summed E-state index contributed by atoms with van der Waals surface area (Å²) in [5, 5.41) is 12.2. The fraction of sp³-hybridized carbons (Fsp3) is 0.158. The third-order valence-corrected chi connectivity index (χ3v) is 4.79. The highest BCUT2D eigenvalue weighted by Gasteiger charge is 2.17. The third-order valence-electron chi connectivity index (χ3n) is 3.85. The van der Waals surface area contributed by atoms with Gasteiger partial charge in [-0.05, 0) is 30.0 Å². The highest BCUT2D eigenvalue weighted by molar-refractivity contribution is 7.98. The molecule has 0 aliphatic heterocycles. The van der Waals surface area contributed by atoms with E-state index in [1.165, 1.54) is 11.8 Å². The summed E-state index contributed by atoms with van der Waals surface area (Å²) >= 11 is 7.46. The van der Waals surface area contributed by atoms with Gasteiger partial charge in [-0.1, -0.05) is 41.9 Å². The molecule has 3 nitrogen and oxygen atoms in total. The zero-order valence-electron chi connectivity index (χ0n) is 13.5. The molecule has 5 heteroatoms. The number of pyridine rings is 1. The fourth-order valence-corrected chi connectivity index (χ4v) is 3.42. The molecule has 24 heavy (non-hydrogen) atoms. The number of nitrogens with zero attached hydrogens (tertiary/aromatic N) is 3. The predicted octanol–water partition coefficient (Wildman–Crippen LogP) is 5.12. The number of nitriles is 1. The van der Waals surface area contributed by atoms with Crippen LogP contribution in [0.25, 0.3) is 10.9 Å². The number of halogens is 1. The van der Waals surface area contributed by atoms with Crippen molar-refractivity contribution in [3.63, 3.8) is 0 Å². The summed E-state index contributed by atoms with van der Waals surface area (Å²) in [5.41, 5.74) is 3.58. The van der Waals surface area contributed by atoms with Crippen molar-refractivity contribution < 1.29 is 0 Å². The molecule has 0 atom stereocenters. The van der Waals surface area contributed by atoms with E-state index in [1.54, 1.807) is 0 Å². The standard InChI is InChI=1S/C19H16ClN3S/c1-23(12-13-7-9-14(20)10-8-13)18-15-5-3-4-6-17(15)22-19(24-2)16(18)11-21/h3-10H,12H2,1-2H3. The second-order valence-electron chi connectivity index (χ2n) is 5.46. The van der Waals surface area contributed by atoms with E-state index in [9.17, 15) is 5.26 Å². The van der Waals surface area contributed by atoms with Crippen molar-refractivity contribution >= 4 is 40.0 Å². The van der Waals surface area contributed by atoms with Crippen LogP contribution in [0.15, 0.2) is 53.6 Å². The third kappa shape index (κ3) is 3.19. The topological polar surface area (TPSA) is 39.9 Å². The molecule has 0 bridgehead atoms. The number of thioether (sulfide) groups is 1. The molecule has 0 unspecified atom stereocenters. The lowest BCUT2D eigenvalue weighted by atomic mass is 10.1. The SMILES string of the molecule is CSc1nc2ccccc2c(N(C)Cc2ccc(Cl)cc2)c1C#N. The van der Waals surface area contributed by atoms with Gasteiger partial charge in [-0.2, -0.15) is 5.26 Å². The molecular formula is C19H16ClN3S. The summed E-state index contributed by atoms with van der Waals surface area (Å²) in [5.74, 6) is 0. The molecule has 1 aromatic heterocycles. The average molecular weight is 354 g/mol. The van der Waals surface area contributed by atoms with Gasteiger partial charge < -0.3 is 4.90 Å². The van der Waals surface area contributed by atoms with Crippen LogP contribution in [0, 0.1) is 11.3 Å². The van der Waals surface area contributed by atoms with Gasteiger partial charge in [-0.15, -0.1) is 11.8 Å². The number of anilines is 1. The van der Waals surface area contributed by atoms with E-state index in [0.717, 1.165) is 32.2 Å². The van der Waals surface area contributed by atoms with E-state index in [1.807, 2.05) is 61.8 Å². The Morgan fingerprint density at radius 2 is 1.88 bits per heavy atom. The molecule has 3 rings (SSSR count). The van der Waals surface area contributed by atoms with Gasteiger partial charge in [0.2, 0.25) is 0 Å². The average Bonchev–Trinajstić information content (AvgIpc) is 2.61. The Bertz CT molecular complexity index is 916. The number of para-hydroxylation sites is 1. The first-order valence-corrected chi connectivity index (χ1v) is 9.06. The molecule has 0 aliphatic carbocycles. The minimum Gasteiger partial charge on any atom is -0.369 e. The largest absolute Gasteiger partial charge is 0.369 e. The molecule has 2 aromatic carbocycles. The molecule has 0 radical (unpaired) electrons. The van der Waals surface area contributed by atoms with Crippen molar-refractivity contribution in [2.45, 2.75) is 11.6 Å². The normalized spacial score (nSPS) is 10.6. The highest BCUT2D eigenvalue weighted by atomic mass is 35.5. The van der Waals surface area contributed by atoms with E-state index in [-0.39, 0.29) is 0 Å². The zero-order chi connectivity index (χ0) is 17.1. The Hall–Kier alpha value is -2.22. The number of hydrogen-bond acceptors (Lipinski definition) is 4. The number of fused-ring (bicyclic) bond motifs is 1. The number of hydrogen-bond donors (Lipinski definition) is 0. The van der Waals surface area contributed by atoms with Crippen LogP contribution in [-0.4, -0.2) is 18.3 Å². The van der Waals surface area contributed by atoms with Gasteiger partial charge in [0.15, 0.2) is 0 Å². The lowest BCUT2D eigenvalue weighted by Gasteiger charge is -2.23. The summed E-state index contributed by atoms with van der Waals surface area (Å²) in [7, 11) is 2.00. The fourth-order valence-electron chi connectivity index (χ4n) is 2.76. The van der Waals surface area contributed by atoms with E-state index in [0.29, 0.717) is 12.1 Å². The van der Waals surface area contributed by atoms with Gasteiger partial charge in [-0.25, -0.2) is 4.98 Å². The second kappa shape index (κ2) is 7.12. The van der Waals surface area contributed by atoms with E-state index in [4.69, 9.17) is 11.6 Å². The van der Waals surface area contributed by atoms with Crippen LogP contribution < -0.4 is 4.90 Å². The van der Waals surface area contributed by atoms with Crippen LogP contribution in [0.3, 0.4) is 0 Å². The van der Waals surface area contributed by atoms with Gasteiger partial charge in [0.1, 0.15) is 16.7 Å². The molecular weight excluding hydrogens is 338 g/mol. The summed E-state index contributed by atoms with van der Waals surface area (Å²) in [4.78, 5) is 6.73. The van der Waals surface area contributed by atoms with Gasteiger partial charge in [-0.3, -0.25) is 0 Å². The Kier molecular flexibility index (Phi) is 4.94. The molecule has 1 heterocycles. The molecule has 0 N–H and O–H groups in total. The first-order valence-electron chi connectivity index (χ1n) is 7.46. The van der Waals surface area contributed by atoms with E-state index >= 15 is 0 Å². The van der Waals surface area contributed by atoms with E-state index in [2.05, 4.69) is 16.0 Å². The van der Waals surface area contributed by atoms with Crippen molar-refractivity contribution in [2.24, 2.45) is 0 Å². The van der Waals surface area contributed by atoms with Crippen molar-refractivity contribution in [1.29, 1.82) is 5.26 Å². The van der Waals surface area contributed by atoms with Crippen LogP contribution in [0.5, 0.6) is 0 Å². The summed E-state index contributed by atoms with van der Waals surface area (Å²) in [6.07, 6.45) is 1.95. The van der Waals surface area contributed by atoms with Gasteiger partial charge >= 0.3 is 0 Å². The highest BCUT2D eigenvalue weighted by Crippen LogP contribution is 2.34. The number of rotatable bonds is 4. The quantitative estimate of drug-likeness (QED) is 0.610. The summed E-state index contributed by atoms with van der Waals surface area (Å²) in [6.45, 7) is 0.688. The smallest absolute Gasteiger partial charge is 0.116 e. The van der Waals surface area contributed by atoms with E-state index < -0.39 is 0 Å². The molecule has 0 saturated heterocycles. The zero-order valence-corrected chi connectivity index (χ0v) is 15.0. The van der Waals surface area contributed by atoms with Crippen molar-refractivity contribution in [1.82, 2.24) is 4.98 Å². The summed E-state index contributed by atoms with van der Waals surface area (Å²) in [6, 6.07) is 18.0. The van der Waals surface area contributed by atoms with Crippen molar-refractivity contribution in [3.8, 4) is 6.07 Å². The van der Waals surface area contributed by atoms with Crippen LogP contribution in [0.1, 0.15) is 11.1 Å². The molecule has 3 aromatic rings. The lowest BCUT2D eigenvalue weighted by Crippen LogP contribution is -2.18. The maximum absolute atomic E-state index is 9.69. The number of aromatic nitrogens is 1.